The van der Waals surface area contributed by atoms with Gasteiger partial charge in [0.25, 0.3) is 0 Å². The maximum atomic E-state index is 9.58. The summed E-state index contributed by atoms with van der Waals surface area (Å²) in [6.07, 6.45) is 6.94. The first kappa shape index (κ1) is 11.4. The van der Waals surface area contributed by atoms with Gasteiger partial charge in [0.15, 0.2) is 0 Å². The Morgan fingerprint density at radius 3 is 2.47 bits per heavy atom. The summed E-state index contributed by atoms with van der Waals surface area (Å²) in [5.74, 6) is 0. The molecule has 1 heterocycles. The summed E-state index contributed by atoms with van der Waals surface area (Å²) < 4.78 is 0. The fourth-order valence-electron chi connectivity index (χ4n) is 3.10. The van der Waals surface area contributed by atoms with Crippen molar-refractivity contribution in [2.45, 2.75) is 44.6 Å². The van der Waals surface area contributed by atoms with Crippen molar-refractivity contribution in [3.05, 3.63) is 0 Å². The van der Waals surface area contributed by atoms with E-state index in [1.807, 2.05) is 0 Å². The molecular weight excluding hydrogens is 190 g/mol. The maximum Gasteiger partial charge on any atom is 0.0679 e. The zero-order valence-corrected chi connectivity index (χ0v) is 9.49. The molecule has 0 amide bonds. The van der Waals surface area contributed by atoms with Gasteiger partial charge >= 0.3 is 0 Å². The zero-order valence-electron chi connectivity index (χ0n) is 9.49. The van der Waals surface area contributed by atoms with Gasteiger partial charge in [0.05, 0.1) is 6.10 Å². The second-order valence-electron chi connectivity index (χ2n) is 5.40. The van der Waals surface area contributed by atoms with E-state index in [0.717, 1.165) is 38.9 Å². The van der Waals surface area contributed by atoms with E-state index < -0.39 is 0 Å². The Balaban J connectivity index is 1.89. The van der Waals surface area contributed by atoms with Gasteiger partial charge in [0.1, 0.15) is 0 Å². The number of nitrogens with zero attached hydrogens (tertiary/aromatic N) is 1. The van der Waals surface area contributed by atoms with Crippen LogP contribution in [0.15, 0.2) is 0 Å². The summed E-state index contributed by atoms with van der Waals surface area (Å²) in [4.78, 5) is 2.33. The fraction of sp³-hybridized carbons (Fsp3) is 1.00. The molecule has 88 valence electrons. The van der Waals surface area contributed by atoms with Crippen LogP contribution in [0.3, 0.4) is 0 Å². The summed E-state index contributed by atoms with van der Waals surface area (Å²) in [6, 6.07) is 0. The molecule has 2 N–H and O–H groups in total. The average molecular weight is 213 g/mol. The van der Waals surface area contributed by atoms with Crippen molar-refractivity contribution >= 4 is 0 Å². The third-order valence-electron chi connectivity index (χ3n) is 4.06. The molecule has 0 bridgehead atoms. The number of β-amino-alcohol motifs (C(OH)–C–C–N with tert-alkyl or cyclic N) is 1. The van der Waals surface area contributed by atoms with Crippen LogP contribution < -0.4 is 0 Å². The Kier molecular flexibility index (Phi) is 3.65. The Morgan fingerprint density at radius 2 is 1.93 bits per heavy atom. The first-order valence-electron chi connectivity index (χ1n) is 6.25. The first-order valence-corrected chi connectivity index (χ1v) is 6.25. The Labute approximate surface area is 92.1 Å². The van der Waals surface area contributed by atoms with Crippen LogP contribution in [-0.4, -0.2) is 47.5 Å². The summed E-state index contributed by atoms with van der Waals surface area (Å²) in [6.45, 7) is 3.12. The number of hydrogen-bond acceptors (Lipinski definition) is 3. The quantitative estimate of drug-likeness (QED) is 0.735. The number of likely N-dealkylation sites (tertiary alicyclic amines) is 1. The van der Waals surface area contributed by atoms with Gasteiger partial charge in [-0.25, -0.2) is 0 Å². The molecule has 1 atom stereocenters. The molecular formula is C12H23NO2. The lowest BCUT2D eigenvalue weighted by Gasteiger charge is -2.38. The zero-order chi connectivity index (χ0) is 10.7. The van der Waals surface area contributed by atoms with Gasteiger partial charge in [-0.05, 0) is 19.3 Å². The molecule has 0 aromatic rings. The van der Waals surface area contributed by atoms with Crippen molar-refractivity contribution < 1.29 is 10.2 Å². The van der Waals surface area contributed by atoms with Crippen LogP contribution in [-0.2, 0) is 0 Å². The van der Waals surface area contributed by atoms with E-state index in [0.29, 0.717) is 6.61 Å². The van der Waals surface area contributed by atoms with E-state index in [1.54, 1.807) is 0 Å². The molecule has 1 aliphatic carbocycles. The highest BCUT2D eigenvalue weighted by Crippen LogP contribution is 2.37. The Bertz CT molecular complexity index is 202. The van der Waals surface area contributed by atoms with Gasteiger partial charge in [-0.1, -0.05) is 19.3 Å². The largest absolute Gasteiger partial charge is 0.396 e. The smallest absolute Gasteiger partial charge is 0.0679 e. The molecule has 0 aromatic heterocycles. The van der Waals surface area contributed by atoms with Crippen molar-refractivity contribution in [1.29, 1.82) is 0 Å². The second kappa shape index (κ2) is 4.81. The standard InChI is InChI=1S/C12H23NO2/c14-10-12(5-2-1-3-6-12)9-13-7-4-11(15)8-13/h11,14-15H,1-10H2. The summed E-state index contributed by atoms with van der Waals surface area (Å²) in [5, 5.41) is 19.1. The van der Waals surface area contributed by atoms with E-state index in [2.05, 4.69) is 4.90 Å². The van der Waals surface area contributed by atoms with Crippen LogP contribution in [0.1, 0.15) is 38.5 Å². The minimum Gasteiger partial charge on any atom is -0.396 e. The summed E-state index contributed by atoms with van der Waals surface area (Å²) in [5.41, 5.74) is 0.141. The van der Waals surface area contributed by atoms with Gasteiger partial charge in [-0.3, -0.25) is 0 Å². The molecule has 2 rings (SSSR count). The fourth-order valence-corrected chi connectivity index (χ4v) is 3.10. The van der Waals surface area contributed by atoms with E-state index in [9.17, 15) is 10.2 Å². The van der Waals surface area contributed by atoms with Crippen LogP contribution in [0.5, 0.6) is 0 Å². The summed E-state index contributed by atoms with van der Waals surface area (Å²) in [7, 11) is 0. The van der Waals surface area contributed by atoms with Crippen molar-refractivity contribution in [2.75, 3.05) is 26.2 Å². The van der Waals surface area contributed by atoms with Gasteiger partial charge in [-0.2, -0.15) is 0 Å². The van der Waals surface area contributed by atoms with Crippen LogP contribution >= 0.6 is 0 Å². The van der Waals surface area contributed by atoms with Crippen molar-refractivity contribution in [3.8, 4) is 0 Å². The van der Waals surface area contributed by atoms with Crippen molar-refractivity contribution in [3.63, 3.8) is 0 Å². The average Bonchev–Trinajstić information content (AvgIpc) is 2.65. The first-order chi connectivity index (χ1) is 7.24. The predicted molar refractivity (Wildman–Crippen MR) is 59.7 cm³/mol. The van der Waals surface area contributed by atoms with Gasteiger partial charge in [-0.15, -0.1) is 0 Å². The van der Waals surface area contributed by atoms with Crippen LogP contribution in [0, 0.1) is 5.41 Å². The number of rotatable bonds is 3. The van der Waals surface area contributed by atoms with Crippen molar-refractivity contribution in [1.82, 2.24) is 4.90 Å². The molecule has 3 heteroatoms. The number of aliphatic hydroxyl groups excluding tert-OH is 2. The lowest BCUT2D eigenvalue weighted by atomic mass is 9.74. The molecule has 3 nitrogen and oxygen atoms in total. The minimum atomic E-state index is -0.135. The minimum absolute atomic E-state index is 0.135. The second-order valence-corrected chi connectivity index (χ2v) is 5.40. The number of aliphatic hydroxyl groups is 2. The monoisotopic (exact) mass is 213 g/mol. The van der Waals surface area contributed by atoms with E-state index >= 15 is 0 Å². The topological polar surface area (TPSA) is 43.7 Å². The Hall–Kier alpha value is -0.120. The molecule has 1 aliphatic heterocycles. The van der Waals surface area contributed by atoms with Crippen LogP contribution in [0.2, 0.25) is 0 Å². The molecule has 1 unspecified atom stereocenters. The van der Waals surface area contributed by atoms with E-state index in [4.69, 9.17) is 0 Å². The third kappa shape index (κ3) is 2.71. The van der Waals surface area contributed by atoms with Crippen LogP contribution in [0.4, 0.5) is 0 Å². The van der Waals surface area contributed by atoms with Gasteiger partial charge < -0.3 is 15.1 Å². The molecule has 2 fully saturated rings. The maximum absolute atomic E-state index is 9.58. The highest BCUT2D eigenvalue weighted by molar-refractivity contribution is 4.88. The highest BCUT2D eigenvalue weighted by Gasteiger charge is 2.35. The van der Waals surface area contributed by atoms with Crippen LogP contribution in [0.25, 0.3) is 0 Å². The molecule has 1 saturated carbocycles. The van der Waals surface area contributed by atoms with E-state index in [-0.39, 0.29) is 11.5 Å². The van der Waals surface area contributed by atoms with Crippen molar-refractivity contribution in [2.24, 2.45) is 5.41 Å². The lowest BCUT2D eigenvalue weighted by Crippen LogP contribution is -2.41. The molecule has 1 saturated heterocycles. The molecule has 0 aromatic carbocycles. The van der Waals surface area contributed by atoms with Gasteiger partial charge in [0.2, 0.25) is 0 Å². The molecule has 2 aliphatic rings. The molecule has 0 radical (unpaired) electrons. The lowest BCUT2D eigenvalue weighted by molar-refractivity contribution is 0.0436. The third-order valence-corrected chi connectivity index (χ3v) is 4.06. The van der Waals surface area contributed by atoms with Gasteiger partial charge in [0, 0.05) is 31.7 Å². The molecule has 15 heavy (non-hydrogen) atoms. The van der Waals surface area contributed by atoms with E-state index in [1.165, 1.54) is 19.3 Å². The molecule has 0 spiro atoms. The number of hydrogen-bond donors (Lipinski definition) is 2. The SMILES string of the molecule is OCC1(CN2CCC(O)C2)CCCCC1. The highest BCUT2D eigenvalue weighted by atomic mass is 16.3. The normalized spacial score (nSPS) is 32.0. The Morgan fingerprint density at radius 1 is 1.20 bits per heavy atom. The summed E-state index contributed by atoms with van der Waals surface area (Å²) >= 11 is 0. The predicted octanol–water partition coefficient (Wildman–Crippen LogP) is 0.996.